The number of hydrogen-bond donors (Lipinski definition) is 1. The van der Waals surface area contributed by atoms with Crippen molar-refractivity contribution in [2.24, 2.45) is 5.92 Å². The second-order valence-corrected chi connectivity index (χ2v) is 6.41. The maximum atomic E-state index is 3.45. The Kier molecular flexibility index (Phi) is 2.49. The number of rotatable bonds is 1. The Morgan fingerprint density at radius 1 is 1.37 bits per heavy atom. The molecule has 2 aromatic rings. The van der Waals surface area contributed by atoms with Gasteiger partial charge in [0.25, 0.3) is 0 Å². The SMILES string of the molecule is CC[C@@H]1C[C@@H]2c3cccc4[nH]cc(c34)C[C@H]2N(C)C1. The topological polar surface area (TPSA) is 19.0 Å². The van der Waals surface area contributed by atoms with E-state index >= 15 is 0 Å². The van der Waals surface area contributed by atoms with Crippen LogP contribution in [0.4, 0.5) is 0 Å². The summed E-state index contributed by atoms with van der Waals surface area (Å²) in [4.78, 5) is 6.06. The second-order valence-electron chi connectivity index (χ2n) is 6.41. The third-order valence-corrected chi connectivity index (χ3v) is 5.39. The molecule has 0 unspecified atom stereocenters. The van der Waals surface area contributed by atoms with Crippen LogP contribution in [0, 0.1) is 5.92 Å². The number of aromatic nitrogens is 1. The van der Waals surface area contributed by atoms with Crippen LogP contribution in [0.5, 0.6) is 0 Å². The Morgan fingerprint density at radius 3 is 3.11 bits per heavy atom. The third kappa shape index (κ3) is 1.59. The molecule has 2 heterocycles. The molecule has 0 radical (unpaired) electrons. The van der Waals surface area contributed by atoms with Crippen LogP contribution in [0.1, 0.15) is 36.8 Å². The molecule has 1 fully saturated rings. The highest BCUT2D eigenvalue weighted by Crippen LogP contribution is 2.44. The molecule has 2 nitrogen and oxygen atoms in total. The molecule has 2 heteroatoms. The van der Waals surface area contributed by atoms with E-state index in [0.29, 0.717) is 6.04 Å². The molecular weight excluding hydrogens is 232 g/mol. The van der Waals surface area contributed by atoms with Gasteiger partial charge in [-0.05, 0) is 43.0 Å². The molecule has 2 aliphatic rings. The predicted octanol–water partition coefficient (Wildman–Crippen LogP) is 3.54. The summed E-state index contributed by atoms with van der Waals surface area (Å²) in [5, 5.41) is 1.52. The molecule has 19 heavy (non-hydrogen) atoms. The zero-order valence-electron chi connectivity index (χ0n) is 11.8. The van der Waals surface area contributed by atoms with Crippen LogP contribution in [-0.4, -0.2) is 29.5 Å². The first-order valence-corrected chi connectivity index (χ1v) is 7.57. The van der Waals surface area contributed by atoms with Gasteiger partial charge in [-0.2, -0.15) is 0 Å². The first-order chi connectivity index (χ1) is 9.28. The van der Waals surface area contributed by atoms with Gasteiger partial charge < -0.3 is 9.88 Å². The first-order valence-electron chi connectivity index (χ1n) is 7.57. The van der Waals surface area contributed by atoms with Gasteiger partial charge in [0.2, 0.25) is 0 Å². The van der Waals surface area contributed by atoms with Crippen LogP contribution < -0.4 is 0 Å². The van der Waals surface area contributed by atoms with E-state index in [1.165, 1.54) is 42.3 Å². The Bertz CT molecular complexity index is 613. The zero-order valence-corrected chi connectivity index (χ0v) is 11.8. The van der Waals surface area contributed by atoms with Crippen molar-refractivity contribution in [2.45, 2.75) is 38.1 Å². The fourth-order valence-corrected chi connectivity index (χ4v) is 4.35. The van der Waals surface area contributed by atoms with Gasteiger partial charge in [-0.3, -0.25) is 0 Å². The summed E-state index contributed by atoms with van der Waals surface area (Å²) < 4.78 is 0. The van der Waals surface area contributed by atoms with Gasteiger partial charge in [-0.15, -0.1) is 0 Å². The number of likely N-dealkylation sites (N-methyl/N-ethyl adjacent to an activating group) is 1. The van der Waals surface area contributed by atoms with Gasteiger partial charge in [0.1, 0.15) is 0 Å². The number of benzene rings is 1. The lowest BCUT2D eigenvalue weighted by Gasteiger charge is -2.45. The molecule has 0 spiro atoms. The van der Waals surface area contributed by atoms with E-state index in [0.717, 1.165) is 11.8 Å². The van der Waals surface area contributed by atoms with Crippen LogP contribution in [0.15, 0.2) is 24.4 Å². The van der Waals surface area contributed by atoms with Crippen LogP contribution in [0.2, 0.25) is 0 Å². The summed E-state index contributed by atoms with van der Waals surface area (Å²) in [5.41, 5.74) is 4.44. The Labute approximate surface area is 114 Å². The van der Waals surface area contributed by atoms with Crippen LogP contribution in [-0.2, 0) is 6.42 Å². The fourth-order valence-electron chi connectivity index (χ4n) is 4.35. The molecule has 1 N–H and O–H groups in total. The second kappa shape index (κ2) is 4.11. The average molecular weight is 254 g/mol. The normalized spacial score (nSPS) is 30.5. The lowest BCUT2D eigenvalue weighted by molar-refractivity contribution is 0.110. The maximum Gasteiger partial charge on any atom is 0.0459 e. The Hall–Kier alpha value is -1.28. The smallest absolute Gasteiger partial charge is 0.0459 e. The standard InChI is InChI=1S/C17H22N2/c1-3-11-7-14-13-5-4-6-15-17(13)12(9-18-15)8-16(14)19(2)10-11/h4-6,9,11,14,16,18H,3,7-8,10H2,1-2H3/t11-,14-,16-/m1/s1. The summed E-state index contributed by atoms with van der Waals surface area (Å²) in [6, 6.07) is 7.50. The van der Waals surface area contributed by atoms with Crippen LogP contribution in [0.25, 0.3) is 10.9 Å². The van der Waals surface area contributed by atoms with Crippen molar-refractivity contribution in [3.63, 3.8) is 0 Å². The maximum absolute atomic E-state index is 3.45. The van der Waals surface area contributed by atoms with Crippen LogP contribution in [0.3, 0.4) is 0 Å². The van der Waals surface area contributed by atoms with Gasteiger partial charge in [0.05, 0.1) is 0 Å². The minimum Gasteiger partial charge on any atom is -0.361 e. The van der Waals surface area contributed by atoms with Crippen molar-refractivity contribution in [3.05, 3.63) is 35.5 Å². The lowest BCUT2D eigenvalue weighted by atomic mass is 9.72. The summed E-state index contributed by atoms with van der Waals surface area (Å²) in [6.07, 6.45) is 6.12. The van der Waals surface area contributed by atoms with Crippen molar-refractivity contribution in [3.8, 4) is 0 Å². The number of hydrogen-bond acceptors (Lipinski definition) is 1. The number of fused-ring (bicyclic) bond motifs is 2. The molecule has 1 aliphatic heterocycles. The molecule has 3 atom stereocenters. The van der Waals surface area contributed by atoms with Gasteiger partial charge in [-0.1, -0.05) is 25.5 Å². The third-order valence-electron chi connectivity index (χ3n) is 5.39. The van der Waals surface area contributed by atoms with E-state index in [-0.39, 0.29) is 0 Å². The largest absolute Gasteiger partial charge is 0.361 e. The molecule has 4 rings (SSSR count). The predicted molar refractivity (Wildman–Crippen MR) is 79.6 cm³/mol. The monoisotopic (exact) mass is 254 g/mol. The molecule has 100 valence electrons. The van der Waals surface area contributed by atoms with E-state index < -0.39 is 0 Å². The van der Waals surface area contributed by atoms with E-state index in [2.05, 4.69) is 48.3 Å². The van der Waals surface area contributed by atoms with Crippen LogP contribution >= 0.6 is 0 Å². The molecule has 1 aliphatic carbocycles. The Balaban J connectivity index is 1.86. The highest BCUT2D eigenvalue weighted by Gasteiger charge is 2.38. The fraction of sp³-hybridized carbons (Fsp3) is 0.529. The van der Waals surface area contributed by atoms with E-state index in [4.69, 9.17) is 0 Å². The summed E-state index contributed by atoms with van der Waals surface area (Å²) in [5.74, 6) is 1.60. The van der Waals surface area contributed by atoms with Gasteiger partial charge in [-0.25, -0.2) is 0 Å². The number of aromatic amines is 1. The Morgan fingerprint density at radius 2 is 2.26 bits per heavy atom. The summed E-state index contributed by atoms with van der Waals surface area (Å²) in [7, 11) is 2.32. The summed E-state index contributed by atoms with van der Waals surface area (Å²) >= 11 is 0. The number of H-pyrrole nitrogens is 1. The minimum atomic E-state index is 0.705. The van der Waals surface area contributed by atoms with E-state index in [9.17, 15) is 0 Å². The number of nitrogens with one attached hydrogen (secondary N) is 1. The highest BCUT2D eigenvalue weighted by atomic mass is 15.1. The quantitative estimate of drug-likeness (QED) is 0.824. The van der Waals surface area contributed by atoms with Gasteiger partial charge in [0.15, 0.2) is 0 Å². The zero-order chi connectivity index (χ0) is 13.0. The van der Waals surface area contributed by atoms with E-state index in [1.807, 2.05) is 0 Å². The number of likely N-dealkylation sites (tertiary alicyclic amines) is 1. The molecule has 0 bridgehead atoms. The molecular formula is C17H22N2. The first kappa shape index (κ1) is 11.5. The minimum absolute atomic E-state index is 0.705. The van der Waals surface area contributed by atoms with E-state index in [1.54, 1.807) is 5.56 Å². The van der Waals surface area contributed by atoms with Crippen molar-refractivity contribution in [1.82, 2.24) is 9.88 Å². The molecule has 1 saturated heterocycles. The average Bonchev–Trinajstić information content (AvgIpc) is 2.85. The summed E-state index contributed by atoms with van der Waals surface area (Å²) in [6.45, 7) is 3.61. The lowest BCUT2D eigenvalue weighted by Crippen LogP contribution is -2.47. The van der Waals surface area contributed by atoms with Crippen molar-refractivity contribution in [1.29, 1.82) is 0 Å². The highest BCUT2D eigenvalue weighted by molar-refractivity contribution is 5.88. The van der Waals surface area contributed by atoms with Crippen molar-refractivity contribution >= 4 is 10.9 Å². The number of nitrogens with zero attached hydrogens (tertiary/aromatic N) is 1. The molecule has 1 aromatic carbocycles. The van der Waals surface area contributed by atoms with Gasteiger partial charge in [0, 0.05) is 35.6 Å². The van der Waals surface area contributed by atoms with Crippen molar-refractivity contribution in [2.75, 3.05) is 13.6 Å². The molecule has 1 aromatic heterocycles. The van der Waals surface area contributed by atoms with Gasteiger partial charge >= 0.3 is 0 Å². The molecule has 0 amide bonds. The van der Waals surface area contributed by atoms with Crippen molar-refractivity contribution < 1.29 is 0 Å². The molecule has 0 saturated carbocycles. The number of piperidine rings is 1.